The SMILES string of the molecule is CCOc1ccccc1CCc1ncc(-c2cc(C(N)=O)ccn2)[nH]1. The van der Waals surface area contributed by atoms with Gasteiger partial charge in [-0.1, -0.05) is 18.2 Å². The molecule has 3 rings (SSSR count). The number of aryl methyl sites for hydroxylation is 2. The van der Waals surface area contributed by atoms with Crippen molar-refractivity contribution in [1.29, 1.82) is 0 Å². The molecule has 0 fully saturated rings. The van der Waals surface area contributed by atoms with Crippen LogP contribution in [0.2, 0.25) is 0 Å². The van der Waals surface area contributed by atoms with Gasteiger partial charge in [0.05, 0.1) is 24.2 Å². The van der Waals surface area contributed by atoms with E-state index in [1.165, 1.54) is 0 Å². The van der Waals surface area contributed by atoms with Crippen LogP contribution in [-0.4, -0.2) is 27.5 Å². The molecule has 0 atom stereocenters. The summed E-state index contributed by atoms with van der Waals surface area (Å²) >= 11 is 0. The quantitative estimate of drug-likeness (QED) is 0.693. The van der Waals surface area contributed by atoms with Gasteiger partial charge >= 0.3 is 0 Å². The molecule has 0 bridgehead atoms. The molecule has 0 aliphatic rings. The number of imidazole rings is 1. The van der Waals surface area contributed by atoms with Crippen LogP contribution in [0.4, 0.5) is 0 Å². The van der Waals surface area contributed by atoms with Crippen LogP contribution in [0.5, 0.6) is 5.75 Å². The van der Waals surface area contributed by atoms with Gasteiger partial charge < -0.3 is 15.5 Å². The molecule has 25 heavy (non-hydrogen) atoms. The fourth-order valence-electron chi connectivity index (χ4n) is 2.61. The lowest BCUT2D eigenvalue weighted by Gasteiger charge is -2.09. The number of para-hydroxylation sites is 1. The van der Waals surface area contributed by atoms with Crippen molar-refractivity contribution in [2.75, 3.05) is 6.61 Å². The molecule has 0 saturated heterocycles. The molecule has 0 aliphatic carbocycles. The number of primary amides is 1. The van der Waals surface area contributed by atoms with Gasteiger partial charge in [0.1, 0.15) is 11.6 Å². The third-order valence-electron chi connectivity index (χ3n) is 3.85. The highest BCUT2D eigenvalue weighted by molar-refractivity contribution is 5.93. The molecule has 0 saturated carbocycles. The summed E-state index contributed by atoms with van der Waals surface area (Å²) in [5, 5.41) is 0. The average molecular weight is 336 g/mol. The topological polar surface area (TPSA) is 93.9 Å². The number of nitrogens with zero attached hydrogens (tertiary/aromatic N) is 2. The van der Waals surface area contributed by atoms with Gasteiger partial charge in [-0.15, -0.1) is 0 Å². The Morgan fingerprint density at radius 2 is 2.04 bits per heavy atom. The predicted molar refractivity (Wildman–Crippen MR) is 95.4 cm³/mol. The highest BCUT2D eigenvalue weighted by Gasteiger charge is 2.09. The number of benzene rings is 1. The van der Waals surface area contributed by atoms with Gasteiger partial charge in [-0.25, -0.2) is 4.98 Å². The number of nitrogens with two attached hydrogens (primary N) is 1. The first-order chi connectivity index (χ1) is 12.2. The standard InChI is InChI=1S/C19H20N4O2/c1-2-25-17-6-4-3-5-13(17)7-8-18-22-12-16(23-18)15-11-14(19(20)24)9-10-21-15/h3-6,9-12H,2,7-8H2,1H3,(H2,20,24)(H,22,23). The van der Waals surface area contributed by atoms with Crippen molar-refractivity contribution in [1.82, 2.24) is 15.0 Å². The first kappa shape index (κ1) is 16.7. The van der Waals surface area contributed by atoms with Gasteiger partial charge in [0.2, 0.25) is 5.91 Å². The van der Waals surface area contributed by atoms with Gasteiger partial charge in [0.25, 0.3) is 0 Å². The van der Waals surface area contributed by atoms with Crippen LogP contribution in [-0.2, 0) is 12.8 Å². The van der Waals surface area contributed by atoms with Crippen molar-refractivity contribution in [2.45, 2.75) is 19.8 Å². The summed E-state index contributed by atoms with van der Waals surface area (Å²) in [6.45, 7) is 2.62. The maximum atomic E-state index is 11.3. The van der Waals surface area contributed by atoms with Crippen molar-refractivity contribution >= 4 is 5.91 Å². The first-order valence-corrected chi connectivity index (χ1v) is 8.18. The minimum absolute atomic E-state index is 0.423. The summed E-state index contributed by atoms with van der Waals surface area (Å²) in [6.07, 6.45) is 4.85. The molecule has 1 aromatic carbocycles. The van der Waals surface area contributed by atoms with E-state index in [-0.39, 0.29) is 0 Å². The van der Waals surface area contributed by atoms with Crippen LogP contribution in [0.1, 0.15) is 28.7 Å². The van der Waals surface area contributed by atoms with Crippen LogP contribution in [0.15, 0.2) is 48.8 Å². The van der Waals surface area contributed by atoms with Crippen LogP contribution in [0.3, 0.4) is 0 Å². The Bertz CT molecular complexity index is 873. The summed E-state index contributed by atoms with van der Waals surface area (Å²) in [5.74, 6) is 1.29. The molecule has 3 N–H and O–H groups in total. The Kier molecular flexibility index (Phi) is 5.09. The number of H-pyrrole nitrogens is 1. The van der Waals surface area contributed by atoms with Crippen LogP contribution in [0, 0.1) is 0 Å². The number of ether oxygens (including phenoxy) is 1. The number of hydrogen-bond acceptors (Lipinski definition) is 4. The number of pyridine rings is 1. The minimum Gasteiger partial charge on any atom is -0.494 e. The largest absolute Gasteiger partial charge is 0.494 e. The maximum absolute atomic E-state index is 11.3. The molecule has 2 heterocycles. The monoisotopic (exact) mass is 336 g/mol. The second kappa shape index (κ2) is 7.61. The van der Waals surface area contributed by atoms with Gasteiger partial charge in [-0.3, -0.25) is 9.78 Å². The molecular weight excluding hydrogens is 316 g/mol. The first-order valence-electron chi connectivity index (χ1n) is 8.18. The second-order valence-corrected chi connectivity index (χ2v) is 5.58. The Hall–Kier alpha value is -3.15. The Morgan fingerprint density at radius 1 is 1.20 bits per heavy atom. The number of aromatic amines is 1. The van der Waals surface area contributed by atoms with E-state index in [9.17, 15) is 4.79 Å². The normalized spacial score (nSPS) is 10.6. The molecule has 0 spiro atoms. The van der Waals surface area contributed by atoms with Crippen LogP contribution < -0.4 is 10.5 Å². The lowest BCUT2D eigenvalue weighted by Crippen LogP contribution is -2.11. The lowest BCUT2D eigenvalue weighted by atomic mass is 10.1. The number of nitrogens with one attached hydrogen (secondary N) is 1. The number of hydrogen-bond donors (Lipinski definition) is 2. The number of carbonyl (C=O) groups excluding carboxylic acids is 1. The molecular formula is C19H20N4O2. The van der Waals surface area contributed by atoms with Gasteiger partial charge in [-0.2, -0.15) is 0 Å². The summed E-state index contributed by atoms with van der Waals surface area (Å²) in [4.78, 5) is 23.2. The molecule has 6 nitrogen and oxygen atoms in total. The Morgan fingerprint density at radius 3 is 2.84 bits per heavy atom. The molecule has 3 aromatic rings. The van der Waals surface area contributed by atoms with E-state index in [1.54, 1.807) is 24.5 Å². The molecule has 1 amide bonds. The Labute approximate surface area is 146 Å². The van der Waals surface area contributed by atoms with Gasteiger partial charge in [0, 0.05) is 18.2 Å². The Balaban J connectivity index is 1.72. The van der Waals surface area contributed by atoms with E-state index in [0.717, 1.165) is 35.7 Å². The molecule has 0 unspecified atom stereocenters. The van der Waals surface area contributed by atoms with E-state index in [4.69, 9.17) is 10.5 Å². The van der Waals surface area contributed by atoms with E-state index in [0.29, 0.717) is 17.9 Å². The van der Waals surface area contributed by atoms with Crippen molar-refractivity contribution in [3.63, 3.8) is 0 Å². The van der Waals surface area contributed by atoms with Crippen molar-refractivity contribution in [2.24, 2.45) is 5.73 Å². The third kappa shape index (κ3) is 4.03. The van der Waals surface area contributed by atoms with Crippen LogP contribution >= 0.6 is 0 Å². The average Bonchev–Trinajstić information content (AvgIpc) is 3.10. The maximum Gasteiger partial charge on any atom is 0.248 e. The minimum atomic E-state index is -0.476. The van der Waals surface area contributed by atoms with Crippen molar-refractivity contribution < 1.29 is 9.53 Å². The highest BCUT2D eigenvalue weighted by atomic mass is 16.5. The summed E-state index contributed by atoms with van der Waals surface area (Å²) in [7, 11) is 0. The molecule has 2 aromatic heterocycles. The lowest BCUT2D eigenvalue weighted by molar-refractivity contribution is 0.1000. The second-order valence-electron chi connectivity index (χ2n) is 5.58. The fraction of sp³-hybridized carbons (Fsp3) is 0.211. The van der Waals surface area contributed by atoms with Gasteiger partial charge in [0.15, 0.2) is 0 Å². The van der Waals surface area contributed by atoms with E-state index >= 15 is 0 Å². The number of aromatic nitrogens is 3. The molecule has 0 aliphatic heterocycles. The third-order valence-corrected chi connectivity index (χ3v) is 3.85. The number of carbonyl (C=O) groups is 1. The zero-order valence-corrected chi connectivity index (χ0v) is 14.0. The van der Waals surface area contributed by atoms with Crippen LogP contribution in [0.25, 0.3) is 11.4 Å². The van der Waals surface area contributed by atoms with Gasteiger partial charge in [-0.05, 0) is 37.1 Å². The fourth-order valence-corrected chi connectivity index (χ4v) is 2.61. The van der Waals surface area contributed by atoms with Crippen molar-refractivity contribution in [3.05, 3.63) is 65.7 Å². The predicted octanol–water partition coefficient (Wildman–Crippen LogP) is 2.75. The summed E-state index contributed by atoms with van der Waals surface area (Å²) in [6, 6.07) is 11.3. The van der Waals surface area contributed by atoms with E-state index < -0.39 is 5.91 Å². The van der Waals surface area contributed by atoms with Crippen molar-refractivity contribution in [3.8, 4) is 17.1 Å². The number of amides is 1. The molecule has 128 valence electrons. The summed E-state index contributed by atoms with van der Waals surface area (Å²) < 4.78 is 5.65. The zero-order valence-electron chi connectivity index (χ0n) is 14.0. The highest BCUT2D eigenvalue weighted by Crippen LogP contribution is 2.21. The molecule has 6 heteroatoms. The molecule has 0 radical (unpaired) electrons. The smallest absolute Gasteiger partial charge is 0.248 e. The van der Waals surface area contributed by atoms with E-state index in [1.807, 2.05) is 25.1 Å². The summed E-state index contributed by atoms with van der Waals surface area (Å²) in [5.41, 5.74) is 8.29. The number of rotatable bonds is 7. The van der Waals surface area contributed by atoms with E-state index in [2.05, 4.69) is 21.0 Å². The zero-order chi connectivity index (χ0) is 17.6.